The van der Waals surface area contributed by atoms with Crippen LogP contribution < -0.4 is 4.18 Å². The normalized spacial score (nSPS) is 21.0. The Morgan fingerprint density at radius 3 is 2.48 bits per heavy atom. The van der Waals surface area contributed by atoms with Gasteiger partial charge in [-0.3, -0.25) is 14.5 Å². The van der Waals surface area contributed by atoms with Crippen LogP contribution in [0.2, 0.25) is 0 Å². The van der Waals surface area contributed by atoms with Crippen molar-refractivity contribution in [1.82, 2.24) is 4.90 Å². The van der Waals surface area contributed by atoms with Crippen molar-refractivity contribution in [3.8, 4) is 5.75 Å². The number of benzene rings is 1. The average Bonchev–Trinajstić information content (AvgIpc) is 2.91. The van der Waals surface area contributed by atoms with E-state index in [0.717, 1.165) is 16.0 Å². The molecule has 8 heteroatoms. The van der Waals surface area contributed by atoms with Gasteiger partial charge in [0.1, 0.15) is 5.75 Å². The van der Waals surface area contributed by atoms with Crippen LogP contribution in [0.3, 0.4) is 0 Å². The number of nitrogens with zero attached hydrogens (tertiary/aromatic N) is 1. The molecule has 1 aliphatic carbocycles. The Kier molecular flexibility index (Phi) is 3.05. The van der Waals surface area contributed by atoms with E-state index in [4.69, 9.17) is 0 Å². The maximum absolute atomic E-state index is 12.5. The fraction of sp³-hybridized carbons (Fsp3) is 0.231. The Labute approximate surface area is 120 Å². The van der Waals surface area contributed by atoms with Gasteiger partial charge in [-0.2, -0.15) is 8.42 Å². The second-order valence-corrected chi connectivity index (χ2v) is 5.72. The van der Waals surface area contributed by atoms with Gasteiger partial charge in [0.15, 0.2) is 0 Å². The van der Waals surface area contributed by atoms with Crippen molar-refractivity contribution in [1.29, 1.82) is 0 Å². The molecule has 1 aromatic carbocycles. The van der Waals surface area contributed by atoms with E-state index in [2.05, 4.69) is 4.18 Å². The molecule has 0 spiro atoms. The highest BCUT2D eigenvalue weighted by molar-refractivity contribution is 7.81. The van der Waals surface area contributed by atoms with Crippen molar-refractivity contribution >= 4 is 22.3 Å². The van der Waals surface area contributed by atoms with Crippen molar-refractivity contribution in [3.05, 3.63) is 41.5 Å². The van der Waals surface area contributed by atoms with Crippen LogP contribution in [0.1, 0.15) is 23.6 Å². The molecule has 0 N–H and O–H groups in total. The molecule has 2 amide bonds. The lowest BCUT2D eigenvalue weighted by molar-refractivity contribution is -0.139. The third kappa shape index (κ3) is 2.54. The largest absolute Gasteiger partial charge is 0.488 e. The molecule has 0 radical (unpaired) electrons. The van der Waals surface area contributed by atoms with Crippen molar-refractivity contribution < 1.29 is 26.1 Å². The van der Waals surface area contributed by atoms with Crippen molar-refractivity contribution in [3.63, 3.8) is 0 Å². The van der Waals surface area contributed by atoms with E-state index < -0.39 is 10.5 Å². The van der Waals surface area contributed by atoms with Gasteiger partial charge in [-0.05, 0) is 36.1 Å². The molecule has 0 saturated heterocycles. The SMILES string of the molecule is O=C1C=CC(=O)N1[C@H]1CCc2cc(OS(=O)(=O)F)ccc21. The highest BCUT2D eigenvalue weighted by Crippen LogP contribution is 2.38. The second kappa shape index (κ2) is 4.66. The van der Waals surface area contributed by atoms with Crippen molar-refractivity contribution in [2.45, 2.75) is 18.9 Å². The van der Waals surface area contributed by atoms with Crippen LogP contribution in [0.5, 0.6) is 5.75 Å². The molecule has 21 heavy (non-hydrogen) atoms. The van der Waals surface area contributed by atoms with E-state index in [0.29, 0.717) is 12.8 Å². The summed E-state index contributed by atoms with van der Waals surface area (Å²) in [6.07, 6.45) is 3.52. The number of imide groups is 1. The first-order valence-electron chi connectivity index (χ1n) is 6.17. The lowest BCUT2D eigenvalue weighted by atomic mass is 10.1. The van der Waals surface area contributed by atoms with Gasteiger partial charge in [-0.25, -0.2) is 0 Å². The number of carbonyl (C=O) groups excluding carboxylic acids is 2. The Balaban J connectivity index is 1.90. The van der Waals surface area contributed by atoms with Crippen LogP contribution in [0.4, 0.5) is 3.89 Å². The molecule has 3 rings (SSSR count). The van der Waals surface area contributed by atoms with E-state index in [1.807, 2.05) is 0 Å². The summed E-state index contributed by atoms with van der Waals surface area (Å²) in [5, 5.41) is 0. The quantitative estimate of drug-likeness (QED) is 0.619. The predicted octanol–water partition coefficient (Wildman–Crippen LogP) is 1.19. The van der Waals surface area contributed by atoms with Crippen LogP contribution >= 0.6 is 0 Å². The Morgan fingerprint density at radius 1 is 1.19 bits per heavy atom. The Bertz CT molecular complexity index is 753. The number of amides is 2. The zero-order valence-electron chi connectivity index (χ0n) is 10.7. The first-order valence-corrected chi connectivity index (χ1v) is 7.48. The fourth-order valence-corrected chi connectivity index (χ4v) is 3.06. The molecule has 0 unspecified atom stereocenters. The molecular weight excluding hydrogens is 301 g/mol. The van der Waals surface area contributed by atoms with Gasteiger partial charge < -0.3 is 4.18 Å². The first kappa shape index (κ1) is 13.7. The van der Waals surface area contributed by atoms with E-state index in [1.54, 1.807) is 6.07 Å². The zero-order valence-corrected chi connectivity index (χ0v) is 11.5. The van der Waals surface area contributed by atoms with Crippen LogP contribution in [-0.4, -0.2) is 25.1 Å². The standard InChI is InChI=1S/C13H10FNO5S/c14-21(18,19)20-9-2-3-10-8(7-9)1-4-11(10)15-12(16)5-6-13(15)17/h2-3,5-7,11H,1,4H2/t11-/m0/s1. The van der Waals surface area contributed by atoms with Gasteiger partial charge in [0.2, 0.25) is 0 Å². The first-order chi connectivity index (χ1) is 9.85. The van der Waals surface area contributed by atoms with E-state index in [-0.39, 0.29) is 23.6 Å². The van der Waals surface area contributed by atoms with Gasteiger partial charge in [0.25, 0.3) is 11.8 Å². The van der Waals surface area contributed by atoms with Crippen LogP contribution in [-0.2, 0) is 26.5 Å². The molecular formula is C13H10FNO5S. The van der Waals surface area contributed by atoms with Gasteiger partial charge in [0, 0.05) is 12.2 Å². The molecule has 6 nitrogen and oxygen atoms in total. The molecule has 0 fully saturated rings. The number of halogens is 1. The summed E-state index contributed by atoms with van der Waals surface area (Å²) >= 11 is 0. The summed E-state index contributed by atoms with van der Waals surface area (Å²) in [6, 6.07) is 3.87. The molecule has 2 aliphatic rings. The topological polar surface area (TPSA) is 80.8 Å². The predicted molar refractivity (Wildman–Crippen MR) is 69.2 cm³/mol. The summed E-state index contributed by atoms with van der Waals surface area (Å²) in [7, 11) is -5.07. The number of hydrogen-bond acceptors (Lipinski definition) is 5. The lowest BCUT2D eigenvalue weighted by Gasteiger charge is -2.22. The molecule has 0 saturated carbocycles. The summed E-state index contributed by atoms with van der Waals surface area (Å²) in [5.74, 6) is -0.872. The fourth-order valence-electron chi connectivity index (χ4n) is 2.73. The molecule has 1 aliphatic heterocycles. The second-order valence-electron chi connectivity index (χ2n) is 4.77. The summed E-state index contributed by atoms with van der Waals surface area (Å²) < 4.78 is 37.6. The van der Waals surface area contributed by atoms with Crippen LogP contribution in [0.15, 0.2) is 30.4 Å². The van der Waals surface area contributed by atoms with E-state index in [9.17, 15) is 21.9 Å². The number of carbonyl (C=O) groups is 2. The van der Waals surface area contributed by atoms with Gasteiger partial charge in [-0.15, -0.1) is 0 Å². The highest BCUT2D eigenvalue weighted by atomic mass is 32.3. The highest BCUT2D eigenvalue weighted by Gasteiger charge is 2.36. The molecule has 0 aromatic heterocycles. The van der Waals surface area contributed by atoms with E-state index in [1.165, 1.54) is 24.3 Å². The molecule has 110 valence electrons. The minimum absolute atomic E-state index is 0.130. The molecule has 0 bridgehead atoms. The smallest absolute Gasteiger partial charge is 0.358 e. The number of hydrogen-bond donors (Lipinski definition) is 0. The number of fused-ring (bicyclic) bond motifs is 1. The van der Waals surface area contributed by atoms with Gasteiger partial charge >= 0.3 is 10.5 Å². The van der Waals surface area contributed by atoms with Gasteiger partial charge in [0.05, 0.1) is 6.04 Å². The Hall–Kier alpha value is -2.22. The maximum atomic E-state index is 12.5. The molecule has 1 atom stereocenters. The van der Waals surface area contributed by atoms with Gasteiger partial charge in [-0.1, -0.05) is 9.95 Å². The van der Waals surface area contributed by atoms with Crippen molar-refractivity contribution in [2.24, 2.45) is 0 Å². The minimum atomic E-state index is -5.07. The summed E-state index contributed by atoms with van der Waals surface area (Å²) in [6.45, 7) is 0. The number of rotatable bonds is 3. The molecule has 1 heterocycles. The molecule has 1 aromatic rings. The third-order valence-corrected chi connectivity index (χ3v) is 3.90. The minimum Gasteiger partial charge on any atom is -0.358 e. The van der Waals surface area contributed by atoms with E-state index >= 15 is 0 Å². The summed E-state index contributed by atoms with van der Waals surface area (Å²) in [4.78, 5) is 24.6. The lowest BCUT2D eigenvalue weighted by Crippen LogP contribution is -2.33. The average molecular weight is 311 g/mol. The van der Waals surface area contributed by atoms with Crippen LogP contribution in [0, 0.1) is 0 Å². The number of aryl methyl sites for hydroxylation is 1. The van der Waals surface area contributed by atoms with Crippen molar-refractivity contribution in [2.75, 3.05) is 0 Å². The third-order valence-electron chi connectivity index (χ3n) is 3.51. The van der Waals surface area contributed by atoms with Crippen LogP contribution in [0.25, 0.3) is 0 Å². The monoisotopic (exact) mass is 311 g/mol. The Morgan fingerprint density at radius 2 is 1.86 bits per heavy atom. The zero-order chi connectivity index (χ0) is 15.2. The summed E-state index contributed by atoms with van der Waals surface area (Å²) in [5.41, 5.74) is 1.47. The maximum Gasteiger partial charge on any atom is 0.488 e.